The molecule has 0 aromatic heterocycles. The lowest BCUT2D eigenvalue weighted by molar-refractivity contribution is 0.116. The summed E-state index contributed by atoms with van der Waals surface area (Å²) in [4.78, 5) is 2.47. The Balaban J connectivity index is 0. The van der Waals surface area contributed by atoms with Crippen molar-refractivity contribution in [1.29, 1.82) is 0 Å². The quantitative estimate of drug-likeness (QED) is 0.752. The molecule has 1 saturated heterocycles. The van der Waals surface area contributed by atoms with Crippen LogP contribution in [0.1, 0.15) is 13.3 Å². The Morgan fingerprint density at radius 3 is 2.71 bits per heavy atom. The van der Waals surface area contributed by atoms with E-state index in [2.05, 4.69) is 10.2 Å². The zero-order valence-corrected chi connectivity index (χ0v) is 10.5. The maximum Gasteiger partial charge on any atom is 0.0593 e. The average Bonchev–Trinajstić information content (AvgIpc) is 2.33. The molecule has 1 N–H and O–H groups in total. The van der Waals surface area contributed by atoms with E-state index >= 15 is 0 Å². The highest BCUT2D eigenvalue weighted by Gasteiger charge is 2.06. The molecule has 1 aliphatic heterocycles. The van der Waals surface area contributed by atoms with E-state index in [0.29, 0.717) is 0 Å². The number of hydrogen-bond acceptors (Lipinski definition) is 3. The van der Waals surface area contributed by atoms with Crippen molar-refractivity contribution in [3.63, 3.8) is 0 Å². The molecule has 0 aliphatic carbocycles. The first-order valence-electron chi connectivity index (χ1n) is 4.94. The summed E-state index contributed by atoms with van der Waals surface area (Å²) in [7, 11) is 0. The summed E-state index contributed by atoms with van der Waals surface area (Å²) < 4.78 is 5.31. The molecule has 1 aliphatic rings. The second-order valence-electron chi connectivity index (χ2n) is 3.14. The lowest BCUT2D eigenvalue weighted by atomic mass is 10.4. The molecular weight excluding hydrogens is 223 g/mol. The van der Waals surface area contributed by atoms with Gasteiger partial charge in [0.05, 0.1) is 6.61 Å². The third-order valence-corrected chi connectivity index (χ3v) is 2.19. The molecule has 1 rings (SSSR count). The average molecular weight is 245 g/mol. The molecule has 0 saturated carbocycles. The molecular formula is C9H22Cl2N2O. The molecule has 0 radical (unpaired) electrons. The Bertz CT molecular complexity index is 109. The van der Waals surface area contributed by atoms with Gasteiger partial charge in [-0.05, 0) is 26.4 Å². The lowest BCUT2D eigenvalue weighted by Gasteiger charge is -2.18. The van der Waals surface area contributed by atoms with E-state index < -0.39 is 0 Å². The van der Waals surface area contributed by atoms with Gasteiger partial charge in [-0.2, -0.15) is 0 Å². The van der Waals surface area contributed by atoms with E-state index in [1.165, 1.54) is 26.1 Å². The molecule has 1 heterocycles. The van der Waals surface area contributed by atoms with E-state index in [9.17, 15) is 0 Å². The van der Waals surface area contributed by atoms with Gasteiger partial charge in [-0.3, -0.25) is 4.90 Å². The SMILES string of the molecule is CCOCCN1CCCNCC1.Cl.Cl. The number of rotatable bonds is 4. The maximum absolute atomic E-state index is 5.31. The van der Waals surface area contributed by atoms with Gasteiger partial charge in [-0.1, -0.05) is 0 Å². The molecule has 14 heavy (non-hydrogen) atoms. The summed E-state index contributed by atoms with van der Waals surface area (Å²) in [6.45, 7) is 9.56. The Morgan fingerprint density at radius 2 is 2.00 bits per heavy atom. The third-order valence-electron chi connectivity index (χ3n) is 2.19. The monoisotopic (exact) mass is 244 g/mol. The van der Waals surface area contributed by atoms with Gasteiger partial charge < -0.3 is 10.1 Å². The minimum absolute atomic E-state index is 0. The fraction of sp³-hybridized carbons (Fsp3) is 1.00. The van der Waals surface area contributed by atoms with Crippen LogP contribution in [0.3, 0.4) is 0 Å². The van der Waals surface area contributed by atoms with Crippen LogP contribution in [0.4, 0.5) is 0 Å². The first kappa shape index (κ1) is 16.9. The summed E-state index contributed by atoms with van der Waals surface area (Å²) >= 11 is 0. The summed E-state index contributed by atoms with van der Waals surface area (Å²) in [5.41, 5.74) is 0. The van der Waals surface area contributed by atoms with Crippen LogP contribution < -0.4 is 5.32 Å². The molecule has 88 valence electrons. The second-order valence-corrected chi connectivity index (χ2v) is 3.14. The smallest absolute Gasteiger partial charge is 0.0593 e. The minimum atomic E-state index is 0. The standard InChI is InChI=1S/C9H20N2O.2ClH/c1-2-12-9-8-11-6-3-4-10-5-7-11;;/h10H,2-9H2,1H3;2*1H. The van der Waals surface area contributed by atoms with Gasteiger partial charge in [-0.25, -0.2) is 0 Å². The van der Waals surface area contributed by atoms with Crippen molar-refractivity contribution in [1.82, 2.24) is 10.2 Å². The fourth-order valence-corrected chi connectivity index (χ4v) is 1.46. The molecule has 0 spiro atoms. The topological polar surface area (TPSA) is 24.5 Å². The minimum Gasteiger partial charge on any atom is -0.380 e. The van der Waals surface area contributed by atoms with Gasteiger partial charge >= 0.3 is 0 Å². The van der Waals surface area contributed by atoms with Crippen molar-refractivity contribution in [3.8, 4) is 0 Å². The molecule has 5 heteroatoms. The Kier molecular flexibility index (Phi) is 13.9. The van der Waals surface area contributed by atoms with Crippen molar-refractivity contribution in [2.24, 2.45) is 0 Å². The zero-order valence-electron chi connectivity index (χ0n) is 8.83. The predicted octanol–water partition coefficient (Wildman–Crippen LogP) is 1.16. The van der Waals surface area contributed by atoms with Crippen LogP contribution in [-0.2, 0) is 4.74 Å². The number of nitrogens with one attached hydrogen (secondary N) is 1. The van der Waals surface area contributed by atoms with Crippen molar-refractivity contribution in [3.05, 3.63) is 0 Å². The van der Waals surface area contributed by atoms with Crippen LogP contribution in [0.2, 0.25) is 0 Å². The highest BCUT2D eigenvalue weighted by molar-refractivity contribution is 5.85. The first-order valence-corrected chi connectivity index (χ1v) is 4.94. The highest BCUT2D eigenvalue weighted by atomic mass is 35.5. The number of hydrogen-bond donors (Lipinski definition) is 1. The predicted molar refractivity (Wildman–Crippen MR) is 64.9 cm³/mol. The second kappa shape index (κ2) is 11.5. The summed E-state index contributed by atoms with van der Waals surface area (Å²) in [5, 5.41) is 3.39. The van der Waals surface area contributed by atoms with E-state index in [1.54, 1.807) is 0 Å². The van der Waals surface area contributed by atoms with Gasteiger partial charge in [0.2, 0.25) is 0 Å². The Morgan fingerprint density at radius 1 is 1.21 bits per heavy atom. The van der Waals surface area contributed by atoms with Crippen molar-refractivity contribution >= 4 is 24.8 Å². The molecule has 0 bridgehead atoms. The van der Waals surface area contributed by atoms with E-state index in [-0.39, 0.29) is 24.8 Å². The van der Waals surface area contributed by atoms with Gasteiger partial charge in [0, 0.05) is 26.2 Å². The van der Waals surface area contributed by atoms with Crippen LogP contribution in [0.15, 0.2) is 0 Å². The molecule has 0 amide bonds. The summed E-state index contributed by atoms with van der Waals surface area (Å²) in [5.74, 6) is 0. The van der Waals surface area contributed by atoms with Gasteiger partial charge in [-0.15, -0.1) is 24.8 Å². The Hall–Kier alpha value is 0.460. The lowest BCUT2D eigenvalue weighted by Crippen LogP contribution is -2.31. The fourth-order valence-electron chi connectivity index (χ4n) is 1.46. The highest BCUT2D eigenvalue weighted by Crippen LogP contribution is 1.94. The molecule has 0 atom stereocenters. The number of ether oxygens (including phenoxy) is 1. The summed E-state index contributed by atoms with van der Waals surface area (Å²) in [6, 6.07) is 0. The van der Waals surface area contributed by atoms with Gasteiger partial charge in [0.1, 0.15) is 0 Å². The molecule has 0 aromatic carbocycles. The van der Waals surface area contributed by atoms with Crippen LogP contribution in [0.5, 0.6) is 0 Å². The van der Waals surface area contributed by atoms with Crippen LogP contribution >= 0.6 is 24.8 Å². The van der Waals surface area contributed by atoms with E-state index in [4.69, 9.17) is 4.74 Å². The van der Waals surface area contributed by atoms with Crippen molar-refractivity contribution in [2.75, 3.05) is 45.9 Å². The largest absolute Gasteiger partial charge is 0.380 e. The third kappa shape index (κ3) is 7.83. The van der Waals surface area contributed by atoms with Crippen LogP contribution in [0.25, 0.3) is 0 Å². The van der Waals surface area contributed by atoms with Gasteiger partial charge in [0.25, 0.3) is 0 Å². The van der Waals surface area contributed by atoms with Crippen molar-refractivity contribution in [2.45, 2.75) is 13.3 Å². The van der Waals surface area contributed by atoms with Crippen LogP contribution in [0, 0.1) is 0 Å². The summed E-state index contributed by atoms with van der Waals surface area (Å²) in [6.07, 6.45) is 1.27. The van der Waals surface area contributed by atoms with Crippen molar-refractivity contribution < 1.29 is 4.74 Å². The van der Waals surface area contributed by atoms with Gasteiger partial charge in [0.15, 0.2) is 0 Å². The maximum atomic E-state index is 5.31. The first-order chi connectivity index (χ1) is 5.93. The van der Waals surface area contributed by atoms with E-state index in [0.717, 1.165) is 26.3 Å². The normalized spacial score (nSPS) is 17.8. The number of nitrogens with zero attached hydrogens (tertiary/aromatic N) is 1. The van der Waals surface area contributed by atoms with E-state index in [1.807, 2.05) is 6.92 Å². The molecule has 1 fully saturated rings. The number of halogens is 2. The van der Waals surface area contributed by atoms with Crippen LogP contribution in [-0.4, -0.2) is 50.8 Å². The molecule has 0 aromatic rings. The molecule has 0 unspecified atom stereocenters. The Labute approximate surface area is 99.4 Å². The molecule has 3 nitrogen and oxygen atoms in total. The zero-order chi connectivity index (χ0) is 8.65.